The molecule has 0 radical (unpaired) electrons. The summed E-state index contributed by atoms with van der Waals surface area (Å²) in [5.74, 6) is -2.09. The van der Waals surface area contributed by atoms with Gasteiger partial charge >= 0.3 is 5.97 Å². The third-order valence-electron chi connectivity index (χ3n) is 3.34. The Morgan fingerprint density at radius 2 is 2.05 bits per heavy atom. The molecule has 0 saturated carbocycles. The summed E-state index contributed by atoms with van der Waals surface area (Å²) in [5.41, 5.74) is 0.170. The number of aromatic amines is 1. The van der Waals surface area contributed by atoms with Crippen molar-refractivity contribution in [3.8, 4) is 11.6 Å². The molecular formula is C15H14ClNO5. The van der Waals surface area contributed by atoms with Crippen LogP contribution in [-0.2, 0) is 11.2 Å². The normalized spacial score (nSPS) is 10.5. The molecule has 0 spiro atoms. The number of methoxy groups -OCH3 is 1. The first-order chi connectivity index (χ1) is 10.3. The van der Waals surface area contributed by atoms with Crippen LogP contribution < -0.4 is 5.56 Å². The van der Waals surface area contributed by atoms with Gasteiger partial charge in [0.1, 0.15) is 5.75 Å². The van der Waals surface area contributed by atoms with Crippen LogP contribution in [0.3, 0.4) is 0 Å². The number of hydrogen-bond donors (Lipinski definition) is 3. The number of hydrogen-bond acceptors (Lipinski definition) is 5. The average molecular weight is 324 g/mol. The number of halogens is 1. The fraction of sp³-hybridized carbons (Fsp3) is 0.200. The molecule has 0 aliphatic heterocycles. The van der Waals surface area contributed by atoms with Gasteiger partial charge in [0.2, 0.25) is 0 Å². The molecule has 7 heteroatoms. The van der Waals surface area contributed by atoms with E-state index in [9.17, 15) is 19.8 Å². The monoisotopic (exact) mass is 323 g/mol. The molecule has 116 valence electrons. The van der Waals surface area contributed by atoms with Gasteiger partial charge in [-0.1, -0.05) is 17.7 Å². The van der Waals surface area contributed by atoms with E-state index in [0.29, 0.717) is 5.02 Å². The van der Waals surface area contributed by atoms with Crippen molar-refractivity contribution in [3.63, 3.8) is 0 Å². The molecule has 0 aliphatic carbocycles. The van der Waals surface area contributed by atoms with Crippen LogP contribution in [0.1, 0.15) is 27.0 Å². The fourth-order valence-electron chi connectivity index (χ4n) is 2.10. The second kappa shape index (κ2) is 6.11. The molecule has 0 amide bonds. The van der Waals surface area contributed by atoms with Crippen molar-refractivity contribution < 1.29 is 19.7 Å². The highest BCUT2D eigenvalue weighted by molar-refractivity contribution is 6.30. The first-order valence-corrected chi connectivity index (χ1v) is 6.73. The van der Waals surface area contributed by atoms with Gasteiger partial charge in [-0.3, -0.25) is 9.78 Å². The molecule has 0 bridgehead atoms. The van der Waals surface area contributed by atoms with E-state index in [-0.39, 0.29) is 12.0 Å². The Morgan fingerprint density at radius 1 is 1.36 bits per heavy atom. The lowest BCUT2D eigenvalue weighted by Gasteiger charge is -2.12. The smallest absolute Gasteiger partial charge is 0.347 e. The summed E-state index contributed by atoms with van der Waals surface area (Å²) in [6, 6.07) is 5.18. The Balaban J connectivity index is 2.58. The summed E-state index contributed by atoms with van der Waals surface area (Å²) in [4.78, 5) is 25.4. The van der Waals surface area contributed by atoms with E-state index in [1.165, 1.54) is 0 Å². The molecule has 3 N–H and O–H groups in total. The van der Waals surface area contributed by atoms with E-state index in [2.05, 4.69) is 9.72 Å². The Kier molecular flexibility index (Phi) is 4.42. The summed E-state index contributed by atoms with van der Waals surface area (Å²) in [6.45, 7) is 1.84. The van der Waals surface area contributed by atoms with Crippen LogP contribution in [-0.4, -0.2) is 28.3 Å². The van der Waals surface area contributed by atoms with E-state index in [0.717, 1.165) is 18.2 Å². The van der Waals surface area contributed by atoms with Crippen molar-refractivity contribution in [3.05, 3.63) is 55.8 Å². The molecule has 0 unspecified atom stereocenters. The lowest BCUT2D eigenvalue weighted by atomic mass is 9.99. The maximum Gasteiger partial charge on any atom is 0.347 e. The Hall–Kier alpha value is -2.47. The molecule has 0 fully saturated rings. The van der Waals surface area contributed by atoms with E-state index in [1.54, 1.807) is 18.2 Å². The van der Waals surface area contributed by atoms with Gasteiger partial charge in [-0.15, -0.1) is 0 Å². The van der Waals surface area contributed by atoms with E-state index in [4.69, 9.17) is 11.6 Å². The first-order valence-electron chi connectivity index (χ1n) is 6.35. The Morgan fingerprint density at radius 3 is 2.68 bits per heavy atom. The molecular weight excluding hydrogens is 310 g/mol. The van der Waals surface area contributed by atoms with Crippen molar-refractivity contribution >= 4 is 17.6 Å². The second-order valence-electron chi connectivity index (χ2n) is 4.74. The van der Waals surface area contributed by atoms with Crippen molar-refractivity contribution in [1.29, 1.82) is 0 Å². The van der Waals surface area contributed by atoms with Crippen LogP contribution in [0.2, 0.25) is 5.02 Å². The van der Waals surface area contributed by atoms with Crippen LogP contribution in [0.25, 0.3) is 0 Å². The zero-order chi connectivity index (χ0) is 16.4. The number of carbonyl (C=O) groups is 1. The number of aromatic nitrogens is 1. The van der Waals surface area contributed by atoms with Gasteiger partial charge in [-0.2, -0.15) is 0 Å². The van der Waals surface area contributed by atoms with Crippen LogP contribution >= 0.6 is 11.6 Å². The van der Waals surface area contributed by atoms with Crippen molar-refractivity contribution in [2.24, 2.45) is 0 Å². The predicted molar refractivity (Wildman–Crippen MR) is 80.7 cm³/mol. The maximum atomic E-state index is 11.7. The lowest BCUT2D eigenvalue weighted by molar-refractivity contribution is 0.0595. The van der Waals surface area contributed by atoms with E-state index in [1.807, 2.05) is 6.92 Å². The molecule has 6 nitrogen and oxygen atoms in total. The third-order valence-corrected chi connectivity index (χ3v) is 3.57. The van der Waals surface area contributed by atoms with Crippen LogP contribution in [0.5, 0.6) is 11.6 Å². The van der Waals surface area contributed by atoms with E-state index < -0.39 is 28.7 Å². The topological polar surface area (TPSA) is 99.6 Å². The van der Waals surface area contributed by atoms with Gasteiger partial charge in [0, 0.05) is 11.4 Å². The molecule has 1 heterocycles. The van der Waals surface area contributed by atoms with E-state index >= 15 is 0 Å². The molecule has 0 aliphatic rings. The average Bonchev–Trinajstić information content (AvgIpc) is 2.46. The Labute approximate surface area is 130 Å². The Bertz CT molecular complexity index is 797. The number of aromatic hydroxyl groups is 2. The van der Waals surface area contributed by atoms with Gasteiger partial charge in [-0.05, 0) is 30.2 Å². The molecule has 0 saturated heterocycles. The number of benzene rings is 1. The van der Waals surface area contributed by atoms with Gasteiger partial charge < -0.3 is 14.9 Å². The summed E-state index contributed by atoms with van der Waals surface area (Å²) >= 11 is 5.94. The van der Waals surface area contributed by atoms with Crippen LogP contribution in [0, 0.1) is 6.92 Å². The molecule has 1 aromatic carbocycles. The number of pyridine rings is 1. The minimum atomic E-state index is -0.984. The SMILES string of the molecule is COC(=O)c1c(O)c(Cc2cc(Cl)ccc2C)c(O)[nH]c1=O. The summed E-state index contributed by atoms with van der Waals surface area (Å²) < 4.78 is 4.46. The van der Waals surface area contributed by atoms with Gasteiger partial charge in [-0.25, -0.2) is 4.79 Å². The number of aryl methyl sites for hydroxylation is 1. The first kappa shape index (κ1) is 15.9. The van der Waals surface area contributed by atoms with Crippen LogP contribution in [0.15, 0.2) is 23.0 Å². The number of H-pyrrole nitrogens is 1. The van der Waals surface area contributed by atoms with Crippen molar-refractivity contribution in [2.45, 2.75) is 13.3 Å². The third kappa shape index (κ3) is 2.92. The largest absolute Gasteiger partial charge is 0.506 e. The van der Waals surface area contributed by atoms with Gasteiger partial charge in [0.15, 0.2) is 11.4 Å². The van der Waals surface area contributed by atoms with Gasteiger partial charge in [0.05, 0.1) is 12.7 Å². The fourth-order valence-corrected chi connectivity index (χ4v) is 2.29. The standard InChI is InChI=1S/C15H14ClNO5/c1-7-3-4-9(16)5-8(7)6-10-12(18)11(15(21)22-2)14(20)17-13(10)19/h3-5H,6H2,1-2H3,(H3,17,18,19,20). The quantitative estimate of drug-likeness (QED) is 0.751. The molecule has 2 aromatic rings. The zero-order valence-electron chi connectivity index (χ0n) is 11.9. The highest BCUT2D eigenvalue weighted by Gasteiger charge is 2.23. The zero-order valence-corrected chi connectivity index (χ0v) is 12.7. The summed E-state index contributed by atoms with van der Waals surface area (Å²) in [6.07, 6.45) is 0.0881. The predicted octanol–water partition coefficient (Wildman–Crippen LogP) is 2.13. The highest BCUT2D eigenvalue weighted by atomic mass is 35.5. The number of carbonyl (C=O) groups excluding carboxylic acids is 1. The number of esters is 1. The van der Waals surface area contributed by atoms with Gasteiger partial charge in [0.25, 0.3) is 5.56 Å². The summed E-state index contributed by atoms with van der Waals surface area (Å²) in [5, 5.41) is 20.5. The number of nitrogens with one attached hydrogen (secondary N) is 1. The number of rotatable bonds is 3. The van der Waals surface area contributed by atoms with Crippen LogP contribution in [0.4, 0.5) is 0 Å². The highest BCUT2D eigenvalue weighted by Crippen LogP contribution is 2.30. The van der Waals surface area contributed by atoms with Crippen molar-refractivity contribution in [1.82, 2.24) is 4.98 Å². The maximum absolute atomic E-state index is 11.7. The number of ether oxygens (including phenoxy) is 1. The molecule has 2 rings (SSSR count). The summed E-state index contributed by atoms with van der Waals surface area (Å²) in [7, 11) is 1.09. The molecule has 0 atom stereocenters. The molecule has 1 aromatic heterocycles. The minimum Gasteiger partial charge on any atom is -0.506 e. The minimum absolute atomic E-state index is 0.0189. The second-order valence-corrected chi connectivity index (χ2v) is 5.18. The molecule has 22 heavy (non-hydrogen) atoms. The van der Waals surface area contributed by atoms with Crippen molar-refractivity contribution in [2.75, 3.05) is 7.11 Å². The lowest BCUT2D eigenvalue weighted by Crippen LogP contribution is -2.20.